The van der Waals surface area contributed by atoms with Gasteiger partial charge in [-0.15, -0.1) is 0 Å². The van der Waals surface area contributed by atoms with E-state index in [0.717, 1.165) is 11.3 Å². The maximum Gasteiger partial charge on any atom is 0.255 e. The molecule has 1 aliphatic heterocycles. The summed E-state index contributed by atoms with van der Waals surface area (Å²) in [6, 6.07) is 14.8. The minimum Gasteiger partial charge on any atom is -0.381 e. The average Bonchev–Trinajstić information content (AvgIpc) is 2.67. The van der Waals surface area contributed by atoms with E-state index in [2.05, 4.69) is 11.4 Å². The van der Waals surface area contributed by atoms with Crippen molar-refractivity contribution < 1.29 is 9.53 Å². The molecular formula is C19H18ClN3O2. The summed E-state index contributed by atoms with van der Waals surface area (Å²) >= 11 is 6.31. The smallest absolute Gasteiger partial charge is 0.255 e. The van der Waals surface area contributed by atoms with Crippen molar-refractivity contribution >= 4 is 23.2 Å². The van der Waals surface area contributed by atoms with Crippen LogP contribution in [0.1, 0.15) is 21.5 Å². The fourth-order valence-corrected chi connectivity index (χ4v) is 2.90. The van der Waals surface area contributed by atoms with Gasteiger partial charge in [0.25, 0.3) is 5.91 Å². The predicted molar refractivity (Wildman–Crippen MR) is 96.7 cm³/mol. The molecule has 1 N–H and O–H groups in total. The highest BCUT2D eigenvalue weighted by Crippen LogP contribution is 2.23. The van der Waals surface area contributed by atoms with Gasteiger partial charge in [-0.25, -0.2) is 0 Å². The van der Waals surface area contributed by atoms with E-state index in [4.69, 9.17) is 21.6 Å². The first-order chi connectivity index (χ1) is 12.2. The van der Waals surface area contributed by atoms with Gasteiger partial charge < -0.3 is 15.0 Å². The standard InChI is InChI=1S/C19H18ClN3O2/c20-18-11-16(22-13-15-3-1-14(12-21)2-4-15)5-6-17(18)19(24)23-7-9-25-10-8-23/h1-6,11,22H,7-10,13H2. The van der Waals surface area contributed by atoms with E-state index in [-0.39, 0.29) is 5.91 Å². The summed E-state index contributed by atoms with van der Waals surface area (Å²) in [6.45, 7) is 2.92. The van der Waals surface area contributed by atoms with Gasteiger partial charge in [-0.2, -0.15) is 5.26 Å². The summed E-state index contributed by atoms with van der Waals surface area (Å²) in [7, 11) is 0. The number of anilines is 1. The molecule has 1 aliphatic rings. The third-order valence-electron chi connectivity index (χ3n) is 4.08. The molecule has 1 saturated heterocycles. The Morgan fingerprint density at radius 1 is 1.20 bits per heavy atom. The van der Waals surface area contributed by atoms with Gasteiger partial charge in [-0.05, 0) is 35.9 Å². The highest BCUT2D eigenvalue weighted by molar-refractivity contribution is 6.34. The molecule has 0 aliphatic carbocycles. The van der Waals surface area contributed by atoms with Gasteiger partial charge in [0.15, 0.2) is 0 Å². The van der Waals surface area contributed by atoms with Crippen LogP contribution < -0.4 is 5.32 Å². The fraction of sp³-hybridized carbons (Fsp3) is 0.263. The zero-order valence-electron chi connectivity index (χ0n) is 13.7. The molecular weight excluding hydrogens is 338 g/mol. The van der Waals surface area contributed by atoms with Crippen LogP contribution in [0.5, 0.6) is 0 Å². The largest absolute Gasteiger partial charge is 0.381 e. The number of nitrogens with one attached hydrogen (secondary N) is 1. The van der Waals surface area contributed by atoms with Crippen LogP contribution in [0.3, 0.4) is 0 Å². The van der Waals surface area contributed by atoms with E-state index in [9.17, 15) is 4.79 Å². The van der Waals surface area contributed by atoms with Gasteiger partial charge in [0.05, 0.1) is 35.4 Å². The molecule has 5 nitrogen and oxygen atoms in total. The van der Waals surface area contributed by atoms with Crippen LogP contribution in [0, 0.1) is 11.3 Å². The molecule has 25 heavy (non-hydrogen) atoms. The molecule has 2 aromatic rings. The van der Waals surface area contributed by atoms with Gasteiger partial charge in [0, 0.05) is 25.3 Å². The molecule has 1 amide bonds. The number of benzene rings is 2. The van der Waals surface area contributed by atoms with Crippen LogP contribution in [0.2, 0.25) is 5.02 Å². The summed E-state index contributed by atoms with van der Waals surface area (Å²) in [5, 5.41) is 12.5. The monoisotopic (exact) mass is 355 g/mol. The lowest BCUT2D eigenvalue weighted by Crippen LogP contribution is -2.40. The molecule has 0 atom stereocenters. The molecule has 0 saturated carbocycles. The number of ether oxygens (including phenoxy) is 1. The number of morpholine rings is 1. The molecule has 0 bridgehead atoms. The number of rotatable bonds is 4. The van der Waals surface area contributed by atoms with E-state index in [0.29, 0.717) is 49.0 Å². The number of nitrogens with zero attached hydrogens (tertiary/aromatic N) is 2. The SMILES string of the molecule is N#Cc1ccc(CNc2ccc(C(=O)N3CCOCC3)c(Cl)c2)cc1. The summed E-state index contributed by atoms with van der Waals surface area (Å²) in [4.78, 5) is 14.3. The fourth-order valence-electron chi connectivity index (χ4n) is 2.64. The lowest BCUT2D eigenvalue weighted by Gasteiger charge is -2.27. The lowest BCUT2D eigenvalue weighted by molar-refractivity contribution is 0.0303. The maximum absolute atomic E-state index is 12.5. The number of hydrogen-bond acceptors (Lipinski definition) is 4. The van der Waals surface area contributed by atoms with E-state index >= 15 is 0 Å². The van der Waals surface area contributed by atoms with Crippen molar-refractivity contribution in [2.75, 3.05) is 31.6 Å². The van der Waals surface area contributed by atoms with Crippen LogP contribution in [-0.2, 0) is 11.3 Å². The second-order valence-corrected chi connectivity index (χ2v) is 6.17. The minimum atomic E-state index is -0.0630. The Morgan fingerprint density at radius 3 is 2.56 bits per heavy atom. The van der Waals surface area contributed by atoms with Crippen molar-refractivity contribution in [2.24, 2.45) is 0 Å². The maximum atomic E-state index is 12.5. The number of amides is 1. The van der Waals surface area contributed by atoms with Gasteiger partial charge in [0.1, 0.15) is 0 Å². The topological polar surface area (TPSA) is 65.4 Å². The van der Waals surface area contributed by atoms with E-state index in [1.165, 1.54) is 0 Å². The summed E-state index contributed by atoms with van der Waals surface area (Å²) in [6.07, 6.45) is 0. The molecule has 1 fully saturated rings. The normalized spacial score (nSPS) is 14.0. The highest BCUT2D eigenvalue weighted by atomic mass is 35.5. The molecule has 2 aromatic carbocycles. The first kappa shape index (κ1) is 17.3. The highest BCUT2D eigenvalue weighted by Gasteiger charge is 2.20. The van der Waals surface area contributed by atoms with E-state index in [1.54, 1.807) is 29.2 Å². The van der Waals surface area contributed by atoms with Crippen LogP contribution in [0.4, 0.5) is 5.69 Å². The minimum absolute atomic E-state index is 0.0630. The number of hydrogen-bond donors (Lipinski definition) is 1. The summed E-state index contributed by atoms with van der Waals surface area (Å²) < 4.78 is 5.27. The van der Waals surface area contributed by atoms with Crippen LogP contribution in [0.25, 0.3) is 0 Å². The average molecular weight is 356 g/mol. The van der Waals surface area contributed by atoms with Gasteiger partial charge in [-0.3, -0.25) is 4.79 Å². The molecule has 0 unspecified atom stereocenters. The van der Waals surface area contributed by atoms with Gasteiger partial charge >= 0.3 is 0 Å². The van der Waals surface area contributed by atoms with E-state index < -0.39 is 0 Å². The van der Waals surface area contributed by atoms with E-state index in [1.807, 2.05) is 18.2 Å². The Morgan fingerprint density at radius 2 is 1.92 bits per heavy atom. The number of carbonyl (C=O) groups is 1. The number of nitriles is 1. The third-order valence-corrected chi connectivity index (χ3v) is 4.39. The molecule has 3 rings (SSSR count). The second kappa shape index (κ2) is 8.02. The molecule has 1 heterocycles. The Balaban J connectivity index is 1.64. The van der Waals surface area contributed by atoms with Crippen molar-refractivity contribution in [3.63, 3.8) is 0 Å². The second-order valence-electron chi connectivity index (χ2n) is 5.76. The zero-order chi connectivity index (χ0) is 17.6. The molecule has 6 heteroatoms. The Bertz CT molecular complexity index is 793. The lowest BCUT2D eigenvalue weighted by atomic mass is 10.1. The first-order valence-electron chi connectivity index (χ1n) is 8.07. The Labute approximate surface area is 151 Å². The summed E-state index contributed by atoms with van der Waals surface area (Å²) in [5.41, 5.74) is 3.04. The first-order valence-corrected chi connectivity index (χ1v) is 8.44. The van der Waals surface area contributed by atoms with Crippen molar-refractivity contribution in [2.45, 2.75) is 6.54 Å². The molecule has 128 valence electrons. The van der Waals surface area contributed by atoms with Crippen LogP contribution >= 0.6 is 11.6 Å². The predicted octanol–water partition coefficient (Wildman–Crippen LogP) is 3.30. The van der Waals surface area contributed by atoms with Crippen molar-refractivity contribution in [1.29, 1.82) is 5.26 Å². The van der Waals surface area contributed by atoms with Crippen molar-refractivity contribution in [1.82, 2.24) is 4.90 Å². The Hall–Kier alpha value is -2.55. The van der Waals surface area contributed by atoms with Gasteiger partial charge in [-0.1, -0.05) is 23.7 Å². The number of carbonyl (C=O) groups excluding carboxylic acids is 1. The molecule has 0 radical (unpaired) electrons. The molecule has 0 aromatic heterocycles. The zero-order valence-corrected chi connectivity index (χ0v) is 14.4. The third kappa shape index (κ3) is 4.30. The van der Waals surface area contributed by atoms with Gasteiger partial charge in [0.2, 0.25) is 0 Å². The number of halogens is 1. The Kier molecular flexibility index (Phi) is 5.54. The van der Waals surface area contributed by atoms with Crippen molar-refractivity contribution in [3.8, 4) is 6.07 Å². The molecule has 0 spiro atoms. The van der Waals surface area contributed by atoms with Crippen LogP contribution in [-0.4, -0.2) is 37.1 Å². The quantitative estimate of drug-likeness (QED) is 0.913. The summed E-state index contributed by atoms with van der Waals surface area (Å²) in [5.74, 6) is -0.0630. The van der Waals surface area contributed by atoms with Crippen molar-refractivity contribution in [3.05, 3.63) is 64.2 Å². The van der Waals surface area contributed by atoms with Crippen LogP contribution in [0.15, 0.2) is 42.5 Å².